The van der Waals surface area contributed by atoms with Gasteiger partial charge in [0.15, 0.2) is 5.78 Å². The highest BCUT2D eigenvalue weighted by atomic mass is 16.3. The monoisotopic (exact) mass is 534 g/mol. The zero-order valence-corrected chi connectivity index (χ0v) is 25.5. The van der Waals surface area contributed by atoms with Crippen LogP contribution in [0.1, 0.15) is 169 Å². The molecule has 39 heavy (non-hydrogen) atoms. The summed E-state index contributed by atoms with van der Waals surface area (Å²) in [5, 5.41) is 10.6. The lowest BCUT2D eigenvalue weighted by molar-refractivity contribution is 0.103. The molecule has 0 aliphatic rings. The Bertz CT molecular complexity index is 883. The van der Waals surface area contributed by atoms with Gasteiger partial charge in [-0.3, -0.25) is 4.79 Å². The first-order chi connectivity index (χ1) is 19.2. The number of benzene rings is 2. The van der Waals surface area contributed by atoms with Gasteiger partial charge in [0.25, 0.3) is 0 Å². The Balaban J connectivity index is 1.63. The molecule has 2 heteroatoms. The fourth-order valence-corrected chi connectivity index (χ4v) is 5.54. The second kappa shape index (κ2) is 21.7. The number of aryl methyl sites for hydroxylation is 2. The molecule has 0 bridgehead atoms. The summed E-state index contributed by atoms with van der Waals surface area (Å²) in [6.45, 7) is 4.54. The van der Waals surface area contributed by atoms with Gasteiger partial charge in [0, 0.05) is 5.56 Å². The third-order valence-electron chi connectivity index (χ3n) is 8.16. The molecule has 2 rings (SSSR count). The van der Waals surface area contributed by atoms with E-state index < -0.39 is 0 Å². The Morgan fingerprint density at radius 1 is 0.513 bits per heavy atom. The molecule has 0 aliphatic carbocycles. The van der Waals surface area contributed by atoms with Gasteiger partial charge in [0.1, 0.15) is 5.75 Å². The third kappa shape index (κ3) is 14.8. The van der Waals surface area contributed by atoms with Crippen LogP contribution in [-0.4, -0.2) is 10.9 Å². The molecule has 0 fully saturated rings. The molecule has 0 heterocycles. The predicted octanol–water partition coefficient (Wildman–Crippen LogP) is 11.5. The summed E-state index contributed by atoms with van der Waals surface area (Å²) in [5.74, 6) is 0.0162. The first kappa shape index (κ1) is 33.1. The number of aromatic hydroxyl groups is 1. The van der Waals surface area contributed by atoms with Gasteiger partial charge in [-0.25, -0.2) is 0 Å². The van der Waals surface area contributed by atoms with E-state index >= 15 is 0 Å². The summed E-state index contributed by atoms with van der Waals surface area (Å²) >= 11 is 0. The first-order valence-electron chi connectivity index (χ1n) is 16.6. The second-order valence-electron chi connectivity index (χ2n) is 11.7. The van der Waals surface area contributed by atoms with Crippen molar-refractivity contribution in [1.82, 2.24) is 0 Å². The number of carbonyl (C=O) groups is 1. The summed E-state index contributed by atoms with van der Waals surface area (Å²) in [6.07, 6.45) is 28.8. The maximum atomic E-state index is 13.0. The number of rotatable bonds is 24. The van der Waals surface area contributed by atoms with E-state index in [-0.39, 0.29) is 11.5 Å². The molecule has 2 nitrogen and oxygen atoms in total. The summed E-state index contributed by atoms with van der Waals surface area (Å²) < 4.78 is 0. The van der Waals surface area contributed by atoms with Crippen LogP contribution in [0.5, 0.6) is 5.75 Å². The Labute approximate surface area is 241 Å². The van der Waals surface area contributed by atoms with Crippen LogP contribution in [0.4, 0.5) is 0 Å². The van der Waals surface area contributed by atoms with E-state index in [2.05, 4.69) is 26.0 Å². The van der Waals surface area contributed by atoms with E-state index in [0.717, 1.165) is 24.8 Å². The van der Waals surface area contributed by atoms with Crippen LogP contribution in [-0.2, 0) is 12.8 Å². The molecular weight excluding hydrogens is 476 g/mol. The Kier molecular flexibility index (Phi) is 18.4. The fraction of sp³-hybridized carbons (Fsp3) is 0.649. The van der Waals surface area contributed by atoms with E-state index in [9.17, 15) is 9.90 Å². The van der Waals surface area contributed by atoms with Gasteiger partial charge in [-0.1, -0.05) is 160 Å². The van der Waals surface area contributed by atoms with Crippen molar-refractivity contribution in [1.29, 1.82) is 0 Å². The van der Waals surface area contributed by atoms with Crippen molar-refractivity contribution in [2.45, 2.75) is 155 Å². The molecule has 2 aromatic rings. The average molecular weight is 535 g/mol. The summed E-state index contributed by atoms with van der Waals surface area (Å²) in [6, 6.07) is 13.6. The van der Waals surface area contributed by atoms with Gasteiger partial charge in [-0.15, -0.1) is 0 Å². The van der Waals surface area contributed by atoms with Gasteiger partial charge in [0.05, 0.1) is 5.56 Å². The lowest BCUT2D eigenvalue weighted by Crippen LogP contribution is -2.02. The number of hydrogen-bond donors (Lipinski definition) is 1. The Morgan fingerprint density at radius 3 is 1.33 bits per heavy atom. The number of phenolic OH excluding ortho intramolecular Hbond substituents is 1. The molecular formula is C37H58O2. The first-order valence-corrected chi connectivity index (χ1v) is 16.6. The van der Waals surface area contributed by atoms with Gasteiger partial charge in [-0.2, -0.15) is 0 Å². The molecule has 0 saturated heterocycles. The number of ketones is 1. The minimum atomic E-state index is -0.0940. The van der Waals surface area contributed by atoms with Crippen molar-refractivity contribution in [3.8, 4) is 5.75 Å². The van der Waals surface area contributed by atoms with Crippen LogP contribution in [0.25, 0.3) is 0 Å². The largest absolute Gasteiger partial charge is 0.507 e. The average Bonchev–Trinajstić information content (AvgIpc) is 2.95. The Hall–Kier alpha value is -2.09. The summed E-state index contributed by atoms with van der Waals surface area (Å²) in [7, 11) is 0. The van der Waals surface area contributed by atoms with Crippen molar-refractivity contribution < 1.29 is 9.90 Å². The second-order valence-corrected chi connectivity index (χ2v) is 11.7. The minimum absolute atomic E-state index is 0.0940. The molecule has 0 atom stereocenters. The summed E-state index contributed by atoms with van der Waals surface area (Å²) in [4.78, 5) is 13.0. The smallest absolute Gasteiger partial charge is 0.196 e. The molecule has 0 aliphatic heterocycles. The van der Waals surface area contributed by atoms with Crippen LogP contribution in [0, 0.1) is 0 Å². The van der Waals surface area contributed by atoms with E-state index in [1.54, 1.807) is 12.1 Å². The Morgan fingerprint density at radius 2 is 0.897 bits per heavy atom. The van der Waals surface area contributed by atoms with Crippen LogP contribution < -0.4 is 0 Å². The molecule has 1 N–H and O–H groups in total. The van der Waals surface area contributed by atoms with Crippen molar-refractivity contribution in [2.75, 3.05) is 0 Å². The highest BCUT2D eigenvalue weighted by Gasteiger charge is 2.14. The normalized spacial score (nSPS) is 11.2. The SMILES string of the molecule is CCCCCCCCCCCCc1ccc(C(=O)c2ccc(CCCCCCCCCCCC)cc2O)cc1. The van der Waals surface area contributed by atoms with Crippen LogP contribution in [0.3, 0.4) is 0 Å². The van der Waals surface area contributed by atoms with Gasteiger partial charge in [0.2, 0.25) is 0 Å². The number of carbonyl (C=O) groups excluding carboxylic acids is 1. The van der Waals surface area contributed by atoms with Crippen LogP contribution in [0.15, 0.2) is 42.5 Å². The molecule has 2 aromatic carbocycles. The van der Waals surface area contributed by atoms with Crippen molar-refractivity contribution in [3.63, 3.8) is 0 Å². The zero-order chi connectivity index (χ0) is 28.0. The third-order valence-corrected chi connectivity index (χ3v) is 8.16. The lowest BCUT2D eigenvalue weighted by Gasteiger charge is -2.08. The maximum absolute atomic E-state index is 13.0. The summed E-state index contributed by atoms with van der Waals surface area (Å²) in [5.41, 5.74) is 3.47. The fourth-order valence-electron chi connectivity index (χ4n) is 5.54. The van der Waals surface area contributed by atoms with Gasteiger partial charge < -0.3 is 5.11 Å². The maximum Gasteiger partial charge on any atom is 0.196 e. The predicted molar refractivity (Wildman–Crippen MR) is 169 cm³/mol. The van der Waals surface area contributed by atoms with E-state index in [4.69, 9.17) is 0 Å². The molecule has 218 valence electrons. The van der Waals surface area contributed by atoms with E-state index in [1.165, 1.54) is 128 Å². The molecule has 0 saturated carbocycles. The number of phenols is 1. The number of unbranched alkanes of at least 4 members (excludes halogenated alkanes) is 18. The van der Waals surface area contributed by atoms with E-state index in [0.29, 0.717) is 11.1 Å². The topological polar surface area (TPSA) is 37.3 Å². The quantitative estimate of drug-likeness (QED) is 0.107. The van der Waals surface area contributed by atoms with Gasteiger partial charge in [-0.05, 0) is 48.9 Å². The van der Waals surface area contributed by atoms with Crippen LogP contribution in [0.2, 0.25) is 0 Å². The van der Waals surface area contributed by atoms with Crippen molar-refractivity contribution >= 4 is 5.78 Å². The van der Waals surface area contributed by atoms with E-state index in [1.807, 2.05) is 18.2 Å². The van der Waals surface area contributed by atoms with Gasteiger partial charge >= 0.3 is 0 Å². The molecule has 0 amide bonds. The highest BCUT2D eigenvalue weighted by molar-refractivity contribution is 6.10. The molecule has 0 aromatic heterocycles. The molecule has 0 unspecified atom stereocenters. The van der Waals surface area contributed by atoms with Crippen molar-refractivity contribution in [3.05, 3.63) is 64.7 Å². The lowest BCUT2D eigenvalue weighted by atomic mass is 9.97. The van der Waals surface area contributed by atoms with Crippen LogP contribution >= 0.6 is 0 Å². The zero-order valence-electron chi connectivity index (χ0n) is 25.5. The molecule has 0 radical (unpaired) electrons. The standard InChI is InChI=1S/C37H58O2/c1-3-5-7-9-11-13-15-17-19-21-23-32-25-28-34(29-26-32)37(39)35-30-27-33(31-36(35)38)24-22-20-18-16-14-12-10-8-6-4-2/h25-31,38H,3-24H2,1-2H3. The minimum Gasteiger partial charge on any atom is -0.507 e. The van der Waals surface area contributed by atoms with Crippen molar-refractivity contribution in [2.24, 2.45) is 0 Å². The molecule has 0 spiro atoms. The number of hydrogen-bond acceptors (Lipinski definition) is 2. The highest BCUT2D eigenvalue weighted by Crippen LogP contribution is 2.24.